The Kier molecular flexibility index (Phi) is 4.94. The number of hydrogen-bond donors (Lipinski definition) is 1. The summed E-state index contributed by atoms with van der Waals surface area (Å²) in [6, 6.07) is 0. The molecule has 2 rings (SSSR count). The number of hydrogen-bond acceptors (Lipinski definition) is 6. The zero-order chi connectivity index (χ0) is 12.8. The average molecular weight is 271 g/mol. The van der Waals surface area contributed by atoms with E-state index in [9.17, 15) is 4.79 Å². The molecule has 0 aromatic carbocycles. The highest BCUT2D eigenvalue weighted by molar-refractivity contribution is 7.99. The summed E-state index contributed by atoms with van der Waals surface area (Å²) in [5.41, 5.74) is 0. The van der Waals surface area contributed by atoms with E-state index >= 15 is 0 Å². The lowest BCUT2D eigenvalue weighted by atomic mass is 10.2. The van der Waals surface area contributed by atoms with E-state index in [-0.39, 0.29) is 12.0 Å². The Labute approximate surface area is 110 Å². The maximum absolute atomic E-state index is 11.4. The van der Waals surface area contributed by atoms with Gasteiger partial charge < -0.3 is 10.1 Å². The van der Waals surface area contributed by atoms with Crippen molar-refractivity contribution in [3.63, 3.8) is 0 Å². The Balaban J connectivity index is 1.84. The van der Waals surface area contributed by atoms with Crippen LogP contribution in [0.2, 0.25) is 0 Å². The normalized spacial score (nSPS) is 19.1. The van der Waals surface area contributed by atoms with Crippen LogP contribution in [0.15, 0.2) is 5.16 Å². The molecule has 1 N–H and O–H groups in total. The first kappa shape index (κ1) is 13.3. The first-order valence-corrected chi connectivity index (χ1v) is 7.05. The molecular weight excluding hydrogens is 254 g/mol. The Hall–Kier alpha value is -1.15. The van der Waals surface area contributed by atoms with Crippen LogP contribution < -0.4 is 5.32 Å². The Morgan fingerprint density at radius 2 is 2.56 bits per heavy atom. The van der Waals surface area contributed by atoms with Crippen molar-refractivity contribution in [3.05, 3.63) is 0 Å². The van der Waals surface area contributed by atoms with Crippen molar-refractivity contribution >= 4 is 17.7 Å². The van der Waals surface area contributed by atoms with Gasteiger partial charge in [-0.25, -0.2) is 4.68 Å². The van der Waals surface area contributed by atoms with Gasteiger partial charge in [0.1, 0.15) is 0 Å². The van der Waals surface area contributed by atoms with Gasteiger partial charge in [0.25, 0.3) is 0 Å². The molecule has 0 radical (unpaired) electrons. The van der Waals surface area contributed by atoms with Crippen LogP contribution in [0.3, 0.4) is 0 Å². The second kappa shape index (κ2) is 6.69. The molecule has 1 aliphatic rings. The van der Waals surface area contributed by atoms with Crippen LogP contribution in [0.25, 0.3) is 0 Å². The van der Waals surface area contributed by atoms with Gasteiger partial charge in [-0.15, -0.1) is 5.10 Å². The van der Waals surface area contributed by atoms with E-state index in [0.717, 1.165) is 19.4 Å². The molecule has 0 spiro atoms. The lowest BCUT2D eigenvalue weighted by molar-refractivity contribution is -0.118. The number of rotatable bonds is 6. The fourth-order valence-corrected chi connectivity index (χ4v) is 2.49. The highest BCUT2D eigenvalue weighted by Gasteiger charge is 2.19. The minimum atomic E-state index is -0.00540. The molecule has 0 bridgehead atoms. The summed E-state index contributed by atoms with van der Waals surface area (Å²) in [6.45, 7) is 4.00. The van der Waals surface area contributed by atoms with E-state index in [1.807, 2.05) is 6.92 Å². The number of nitrogens with one attached hydrogen (secondary N) is 1. The summed E-state index contributed by atoms with van der Waals surface area (Å²) < 4.78 is 7.25. The van der Waals surface area contributed by atoms with Crippen LogP contribution in [0.1, 0.15) is 19.8 Å². The Morgan fingerprint density at radius 1 is 1.67 bits per heavy atom. The number of amides is 1. The second-order valence-electron chi connectivity index (χ2n) is 4.02. The fourth-order valence-electron chi connectivity index (χ4n) is 1.77. The molecule has 18 heavy (non-hydrogen) atoms. The van der Waals surface area contributed by atoms with Crippen LogP contribution in [0.4, 0.5) is 0 Å². The number of carbonyl (C=O) groups is 1. The van der Waals surface area contributed by atoms with E-state index in [2.05, 4.69) is 20.8 Å². The van der Waals surface area contributed by atoms with E-state index < -0.39 is 0 Å². The molecule has 1 aliphatic heterocycles. The van der Waals surface area contributed by atoms with Gasteiger partial charge in [-0.05, 0) is 30.2 Å². The van der Waals surface area contributed by atoms with Crippen molar-refractivity contribution in [3.8, 4) is 0 Å². The van der Waals surface area contributed by atoms with Crippen LogP contribution in [-0.4, -0.2) is 51.1 Å². The van der Waals surface area contributed by atoms with Crippen molar-refractivity contribution in [1.82, 2.24) is 25.5 Å². The van der Waals surface area contributed by atoms with E-state index in [1.165, 1.54) is 11.8 Å². The summed E-state index contributed by atoms with van der Waals surface area (Å²) in [7, 11) is 0. The van der Waals surface area contributed by atoms with Crippen LogP contribution >= 0.6 is 11.8 Å². The molecule has 1 saturated heterocycles. The van der Waals surface area contributed by atoms with Gasteiger partial charge in [0, 0.05) is 13.2 Å². The molecule has 100 valence electrons. The summed E-state index contributed by atoms with van der Waals surface area (Å²) in [4.78, 5) is 11.4. The molecular formula is C10H17N5O2S. The van der Waals surface area contributed by atoms with Crippen molar-refractivity contribution in [2.45, 2.75) is 37.6 Å². The molecule has 1 aromatic rings. The standard InChI is InChI=1S/C10H17N5O2S/c1-2-11-9(16)7-18-10-12-13-14-15(10)6-8-4-3-5-17-8/h8H,2-7H2,1H3,(H,11,16). The van der Waals surface area contributed by atoms with Crippen molar-refractivity contribution in [2.24, 2.45) is 0 Å². The number of thioether (sulfide) groups is 1. The molecule has 0 aliphatic carbocycles. The minimum absolute atomic E-state index is 0.00540. The molecule has 0 saturated carbocycles. The van der Waals surface area contributed by atoms with Crippen LogP contribution in [-0.2, 0) is 16.1 Å². The smallest absolute Gasteiger partial charge is 0.230 e. The molecule has 1 fully saturated rings. The Bertz CT molecular complexity index is 391. The molecule has 2 heterocycles. The lowest BCUT2D eigenvalue weighted by Gasteiger charge is -2.09. The number of carbonyl (C=O) groups excluding carboxylic acids is 1. The largest absolute Gasteiger partial charge is 0.376 e. The van der Waals surface area contributed by atoms with Crippen molar-refractivity contribution in [1.29, 1.82) is 0 Å². The lowest BCUT2D eigenvalue weighted by Crippen LogP contribution is -2.24. The third-order valence-electron chi connectivity index (χ3n) is 2.61. The maximum atomic E-state index is 11.4. The molecule has 1 aromatic heterocycles. The number of ether oxygens (including phenoxy) is 1. The predicted molar refractivity (Wildman–Crippen MR) is 66.2 cm³/mol. The third-order valence-corrected chi connectivity index (χ3v) is 3.56. The zero-order valence-electron chi connectivity index (χ0n) is 10.3. The second-order valence-corrected chi connectivity index (χ2v) is 4.96. The zero-order valence-corrected chi connectivity index (χ0v) is 11.2. The van der Waals surface area contributed by atoms with Crippen LogP contribution in [0.5, 0.6) is 0 Å². The monoisotopic (exact) mass is 271 g/mol. The number of nitrogens with zero attached hydrogens (tertiary/aromatic N) is 4. The third kappa shape index (κ3) is 3.67. The summed E-state index contributed by atoms with van der Waals surface area (Å²) >= 11 is 1.34. The van der Waals surface area contributed by atoms with Gasteiger partial charge in [0.05, 0.1) is 18.4 Å². The number of tetrazole rings is 1. The van der Waals surface area contributed by atoms with E-state index in [1.54, 1.807) is 4.68 Å². The van der Waals surface area contributed by atoms with Crippen molar-refractivity contribution in [2.75, 3.05) is 18.9 Å². The van der Waals surface area contributed by atoms with Gasteiger partial charge in [-0.2, -0.15) is 0 Å². The van der Waals surface area contributed by atoms with Gasteiger partial charge in [0.2, 0.25) is 11.1 Å². The summed E-state index contributed by atoms with van der Waals surface area (Å²) in [5, 5.41) is 14.9. The van der Waals surface area contributed by atoms with Gasteiger partial charge in [0.15, 0.2) is 0 Å². The predicted octanol–water partition coefficient (Wildman–Crippen LogP) is 0.0803. The first-order valence-electron chi connectivity index (χ1n) is 6.07. The molecule has 1 amide bonds. The first-order chi connectivity index (χ1) is 8.79. The minimum Gasteiger partial charge on any atom is -0.376 e. The SMILES string of the molecule is CCNC(=O)CSc1nnnn1CC1CCCO1. The highest BCUT2D eigenvalue weighted by atomic mass is 32.2. The molecule has 1 atom stereocenters. The Morgan fingerprint density at radius 3 is 3.28 bits per heavy atom. The molecule has 7 nitrogen and oxygen atoms in total. The van der Waals surface area contributed by atoms with Gasteiger partial charge in [-0.1, -0.05) is 11.8 Å². The fraction of sp³-hybridized carbons (Fsp3) is 0.800. The van der Waals surface area contributed by atoms with Gasteiger partial charge in [-0.3, -0.25) is 4.79 Å². The quantitative estimate of drug-likeness (QED) is 0.738. The van der Waals surface area contributed by atoms with Crippen molar-refractivity contribution < 1.29 is 9.53 Å². The summed E-state index contributed by atoms with van der Waals surface area (Å²) in [5.74, 6) is 0.328. The average Bonchev–Trinajstić information content (AvgIpc) is 2.99. The van der Waals surface area contributed by atoms with E-state index in [0.29, 0.717) is 24.0 Å². The topological polar surface area (TPSA) is 81.9 Å². The molecule has 8 heteroatoms. The highest BCUT2D eigenvalue weighted by Crippen LogP contribution is 2.18. The maximum Gasteiger partial charge on any atom is 0.230 e. The number of aromatic nitrogens is 4. The van der Waals surface area contributed by atoms with E-state index in [4.69, 9.17) is 4.74 Å². The molecule has 1 unspecified atom stereocenters. The van der Waals surface area contributed by atoms with Crippen LogP contribution in [0, 0.1) is 0 Å². The van der Waals surface area contributed by atoms with Gasteiger partial charge >= 0.3 is 0 Å². The summed E-state index contributed by atoms with van der Waals surface area (Å²) in [6.07, 6.45) is 2.33.